The number of anilines is 1. The molecule has 10 heteroatoms. The van der Waals surface area contributed by atoms with Gasteiger partial charge >= 0.3 is 0 Å². The number of pyridine rings is 1. The molecule has 2 aliphatic heterocycles. The van der Waals surface area contributed by atoms with Crippen LogP contribution >= 0.6 is 0 Å². The second-order valence-corrected chi connectivity index (χ2v) is 11.6. The molecule has 2 fully saturated rings. The van der Waals surface area contributed by atoms with Gasteiger partial charge in [0.15, 0.2) is 5.65 Å². The van der Waals surface area contributed by atoms with Crippen molar-refractivity contribution in [2.24, 2.45) is 0 Å². The molecule has 4 heterocycles. The standard InChI is InChI=1S/C22H31N5O4S/c1-3-27-21-19(14(2)25-27)20(24-15-6-10-32(29,30)11-7-15)17(13-23-21)18-12-22(31-26-18)8-4-16(28)5-9-22/h12-13,15-16,26,28H,3-11H2,1-2H3,(H,23,24). The van der Waals surface area contributed by atoms with E-state index in [4.69, 9.17) is 9.82 Å². The molecule has 5 rings (SSSR count). The number of aliphatic hydroxyl groups excluding tert-OH is 1. The van der Waals surface area contributed by atoms with Crippen LogP contribution in [0.25, 0.3) is 16.7 Å². The van der Waals surface area contributed by atoms with Gasteiger partial charge in [-0.25, -0.2) is 18.1 Å². The molecule has 2 aromatic heterocycles. The van der Waals surface area contributed by atoms with Crippen LogP contribution in [0.3, 0.4) is 0 Å². The van der Waals surface area contributed by atoms with Gasteiger partial charge < -0.3 is 10.4 Å². The summed E-state index contributed by atoms with van der Waals surface area (Å²) in [6.45, 7) is 4.73. The number of nitrogens with one attached hydrogen (secondary N) is 2. The molecule has 1 spiro atoms. The minimum atomic E-state index is -2.94. The van der Waals surface area contributed by atoms with E-state index in [1.54, 1.807) is 0 Å². The van der Waals surface area contributed by atoms with Crippen LogP contribution in [0.5, 0.6) is 0 Å². The third kappa shape index (κ3) is 3.88. The normalized spacial score (nSPS) is 23.4. The van der Waals surface area contributed by atoms with E-state index < -0.39 is 15.4 Å². The van der Waals surface area contributed by atoms with Crippen LogP contribution in [0.4, 0.5) is 5.69 Å². The number of aromatic nitrogens is 3. The zero-order valence-corrected chi connectivity index (χ0v) is 19.4. The molecule has 0 aromatic carbocycles. The molecule has 0 bridgehead atoms. The first-order valence-corrected chi connectivity index (χ1v) is 13.3. The van der Waals surface area contributed by atoms with Crippen molar-refractivity contribution in [1.29, 1.82) is 0 Å². The molecular weight excluding hydrogens is 430 g/mol. The minimum absolute atomic E-state index is 0.0639. The molecular formula is C22H31N5O4S. The summed E-state index contributed by atoms with van der Waals surface area (Å²) in [4.78, 5) is 10.8. The highest BCUT2D eigenvalue weighted by Gasteiger charge is 2.39. The smallest absolute Gasteiger partial charge is 0.160 e. The minimum Gasteiger partial charge on any atom is -0.393 e. The van der Waals surface area contributed by atoms with Gasteiger partial charge in [0.2, 0.25) is 0 Å². The molecule has 3 aliphatic rings. The van der Waals surface area contributed by atoms with Gasteiger partial charge in [-0.2, -0.15) is 5.10 Å². The number of hydrogen-bond acceptors (Lipinski definition) is 8. The Hall–Kier alpha value is -2.17. The summed E-state index contributed by atoms with van der Waals surface area (Å²) in [6, 6.07) is 0.0639. The Morgan fingerprint density at radius 1 is 1.28 bits per heavy atom. The van der Waals surface area contributed by atoms with Crippen LogP contribution in [-0.4, -0.2) is 57.5 Å². The molecule has 0 atom stereocenters. The zero-order valence-electron chi connectivity index (χ0n) is 18.6. The maximum Gasteiger partial charge on any atom is 0.160 e. The number of fused-ring (bicyclic) bond motifs is 1. The lowest BCUT2D eigenvalue weighted by molar-refractivity contribution is -0.0743. The van der Waals surface area contributed by atoms with Crippen molar-refractivity contribution >= 4 is 32.3 Å². The lowest BCUT2D eigenvalue weighted by Gasteiger charge is -2.31. The summed E-state index contributed by atoms with van der Waals surface area (Å²) in [5.74, 6) is 0.411. The highest BCUT2D eigenvalue weighted by molar-refractivity contribution is 7.91. The molecule has 32 heavy (non-hydrogen) atoms. The average molecular weight is 462 g/mol. The predicted octanol–water partition coefficient (Wildman–Crippen LogP) is 2.30. The molecule has 0 unspecified atom stereocenters. The van der Waals surface area contributed by atoms with Crippen LogP contribution in [-0.2, 0) is 21.2 Å². The molecule has 0 radical (unpaired) electrons. The van der Waals surface area contributed by atoms with Crippen molar-refractivity contribution in [2.45, 2.75) is 76.7 Å². The van der Waals surface area contributed by atoms with Gasteiger partial charge in [-0.3, -0.25) is 10.3 Å². The number of hydroxylamine groups is 1. The Morgan fingerprint density at radius 3 is 2.69 bits per heavy atom. The summed E-state index contributed by atoms with van der Waals surface area (Å²) in [5.41, 5.74) is 7.08. The fraction of sp³-hybridized carbons (Fsp3) is 0.636. The first-order valence-electron chi connectivity index (χ1n) is 11.5. The van der Waals surface area contributed by atoms with Crippen molar-refractivity contribution in [3.8, 4) is 0 Å². The van der Waals surface area contributed by atoms with Gasteiger partial charge in [-0.1, -0.05) is 0 Å². The van der Waals surface area contributed by atoms with Crippen molar-refractivity contribution in [1.82, 2.24) is 20.2 Å². The molecule has 2 aromatic rings. The fourth-order valence-corrected chi connectivity index (χ4v) is 6.57. The van der Waals surface area contributed by atoms with Gasteiger partial charge in [0.1, 0.15) is 15.4 Å². The van der Waals surface area contributed by atoms with Crippen LogP contribution in [0.15, 0.2) is 12.3 Å². The maximum atomic E-state index is 11.9. The Labute approximate surface area is 188 Å². The Morgan fingerprint density at radius 2 is 2.00 bits per heavy atom. The lowest BCUT2D eigenvalue weighted by atomic mass is 9.83. The molecule has 3 N–H and O–H groups in total. The predicted molar refractivity (Wildman–Crippen MR) is 123 cm³/mol. The van der Waals surface area contributed by atoms with E-state index in [0.717, 1.165) is 46.5 Å². The summed E-state index contributed by atoms with van der Waals surface area (Å²) in [5, 5.41) is 19.2. The average Bonchev–Trinajstić information content (AvgIpc) is 3.33. The van der Waals surface area contributed by atoms with Crippen molar-refractivity contribution in [3.63, 3.8) is 0 Å². The van der Waals surface area contributed by atoms with Gasteiger partial charge in [0.25, 0.3) is 0 Å². The Kier molecular flexibility index (Phi) is 5.42. The second kappa shape index (κ2) is 8.00. The summed E-state index contributed by atoms with van der Waals surface area (Å²) >= 11 is 0. The zero-order chi connectivity index (χ0) is 22.5. The van der Waals surface area contributed by atoms with Crippen molar-refractivity contribution in [3.05, 3.63) is 23.5 Å². The summed E-state index contributed by atoms with van der Waals surface area (Å²) in [6.07, 6.45) is 7.82. The van der Waals surface area contributed by atoms with E-state index in [1.165, 1.54) is 0 Å². The number of nitrogens with zero attached hydrogens (tertiary/aromatic N) is 3. The second-order valence-electron chi connectivity index (χ2n) is 9.28. The lowest BCUT2D eigenvalue weighted by Crippen LogP contribution is -2.36. The van der Waals surface area contributed by atoms with Crippen molar-refractivity contribution < 1.29 is 18.4 Å². The number of rotatable bonds is 4. The molecule has 0 amide bonds. The maximum absolute atomic E-state index is 11.9. The molecule has 1 saturated heterocycles. The molecule has 174 valence electrons. The Balaban J connectivity index is 1.55. The van der Waals surface area contributed by atoms with E-state index in [0.29, 0.717) is 32.2 Å². The monoisotopic (exact) mass is 461 g/mol. The number of aliphatic hydroxyl groups is 1. The largest absolute Gasteiger partial charge is 0.393 e. The van der Waals surface area contributed by atoms with Crippen LogP contribution in [0.2, 0.25) is 0 Å². The fourth-order valence-electron chi connectivity index (χ4n) is 5.08. The SMILES string of the molecule is CCn1nc(C)c2c(NC3CCS(=O)(=O)CC3)c(C3=CC4(CCC(O)CC4)ON3)cnc21. The summed E-state index contributed by atoms with van der Waals surface area (Å²) < 4.78 is 25.7. The highest BCUT2D eigenvalue weighted by atomic mass is 32.2. The van der Waals surface area contributed by atoms with E-state index in [2.05, 4.69) is 22.0 Å². The number of sulfone groups is 1. The van der Waals surface area contributed by atoms with Crippen LogP contribution in [0, 0.1) is 6.92 Å². The molecule has 1 aliphatic carbocycles. The van der Waals surface area contributed by atoms with Gasteiger partial charge in [-0.05, 0) is 58.4 Å². The molecule has 1 saturated carbocycles. The summed E-state index contributed by atoms with van der Waals surface area (Å²) in [7, 11) is -2.94. The first kappa shape index (κ1) is 21.7. The van der Waals surface area contributed by atoms with E-state index in [-0.39, 0.29) is 23.7 Å². The van der Waals surface area contributed by atoms with Gasteiger partial charge in [-0.15, -0.1) is 0 Å². The van der Waals surface area contributed by atoms with Crippen LogP contribution in [0.1, 0.15) is 56.7 Å². The van der Waals surface area contributed by atoms with Crippen molar-refractivity contribution in [2.75, 3.05) is 16.8 Å². The molecule has 9 nitrogen and oxygen atoms in total. The van der Waals surface area contributed by atoms with E-state index >= 15 is 0 Å². The third-order valence-corrected chi connectivity index (χ3v) is 8.72. The van der Waals surface area contributed by atoms with Gasteiger partial charge in [0, 0.05) is 24.3 Å². The van der Waals surface area contributed by atoms with E-state index in [9.17, 15) is 13.5 Å². The quantitative estimate of drug-likeness (QED) is 0.635. The van der Waals surface area contributed by atoms with Crippen LogP contribution < -0.4 is 10.8 Å². The Bertz CT molecular complexity index is 1150. The van der Waals surface area contributed by atoms with Gasteiger partial charge in [0.05, 0.1) is 40.1 Å². The first-order chi connectivity index (χ1) is 15.3. The highest BCUT2D eigenvalue weighted by Crippen LogP contribution is 2.41. The topological polar surface area (TPSA) is 118 Å². The number of aryl methyl sites for hydroxylation is 2. The third-order valence-electron chi connectivity index (χ3n) is 7.00. The van der Waals surface area contributed by atoms with E-state index in [1.807, 2.05) is 24.7 Å². The number of hydrogen-bond donors (Lipinski definition) is 3.